The second-order valence-electron chi connectivity index (χ2n) is 28.9. The van der Waals surface area contributed by atoms with Gasteiger partial charge in [-0.3, -0.25) is 81.5 Å². The first-order chi connectivity index (χ1) is 52.5. The van der Waals surface area contributed by atoms with Crippen molar-refractivity contribution in [2.24, 2.45) is 46.6 Å². The average Bonchev–Trinajstić information content (AvgIpc) is 0.968. The van der Waals surface area contributed by atoms with Crippen molar-refractivity contribution in [2.75, 3.05) is 13.1 Å². The fraction of sp³-hybridized carbons (Fsp3) is 0.562. The number of hydrogen-bond acceptors (Lipinski definition) is 21. The fourth-order valence-electron chi connectivity index (χ4n) is 11.1. The lowest BCUT2D eigenvalue weighted by Crippen LogP contribution is -2.62. The summed E-state index contributed by atoms with van der Waals surface area (Å²) in [5.41, 5.74) is 23.3. The molecular formula is C73H111N19O20. The third-order valence-corrected chi connectivity index (χ3v) is 17.2. The number of carbonyl (C=O) groups is 17. The van der Waals surface area contributed by atoms with E-state index < -0.39 is 243 Å². The summed E-state index contributed by atoms with van der Waals surface area (Å²) < 4.78 is 0. The summed E-state index contributed by atoms with van der Waals surface area (Å²) in [5, 5.41) is 63.1. The number of rotatable bonds is 50. The monoisotopic (exact) mass is 1570 g/mol. The number of aromatic hydroxyl groups is 1. The molecule has 1 aromatic heterocycles. The average molecular weight is 1570 g/mol. The molecule has 112 heavy (non-hydrogen) atoms. The summed E-state index contributed by atoms with van der Waals surface area (Å²) in [6.07, 6.45) is -3.66. The van der Waals surface area contributed by atoms with Gasteiger partial charge in [-0.15, -0.1) is 0 Å². The van der Waals surface area contributed by atoms with Crippen LogP contribution in [0.15, 0.2) is 67.1 Å². The molecule has 0 aliphatic heterocycles. The molecule has 618 valence electrons. The Balaban J connectivity index is 1.96. The van der Waals surface area contributed by atoms with Crippen molar-refractivity contribution in [3.05, 3.63) is 83.9 Å². The van der Waals surface area contributed by atoms with Crippen LogP contribution in [0.2, 0.25) is 0 Å². The van der Waals surface area contributed by atoms with Crippen molar-refractivity contribution < 1.29 is 96.8 Å². The van der Waals surface area contributed by atoms with Gasteiger partial charge >= 0.3 is 5.97 Å². The second kappa shape index (κ2) is 47.4. The Labute approximate surface area is 648 Å². The maximum absolute atomic E-state index is 14.6. The highest BCUT2D eigenvalue weighted by molar-refractivity contribution is 6.00. The van der Waals surface area contributed by atoms with Crippen molar-refractivity contribution >= 4 is 100 Å². The number of nitrogens with zero attached hydrogens (tertiary/aromatic N) is 1. The predicted octanol–water partition coefficient (Wildman–Crippen LogP) is -4.89. The lowest BCUT2D eigenvalue weighted by Gasteiger charge is -2.29. The Kier molecular flexibility index (Phi) is 40.0. The number of hydrogen-bond donors (Lipinski definition) is 21. The maximum Gasteiger partial charge on any atom is 0.303 e. The van der Waals surface area contributed by atoms with Crippen molar-refractivity contribution in [3.63, 3.8) is 0 Å². The van der Waals surface area contributed by atoms with Crippen LogP contribution in [0.1, 0.15) is 144 Å². The summed E-state index contributed by atoms with van der Waals surface area (Å²) in [5.74, 6) is -17.9. The number of benzene rings is 2. The Bertz CT molecular complexity index is 3710. The van der Waals surface area contributed by atoms with Crippen molar-refractivity contribution in [2.45, 2.75) is 225 Å². The molecule has 2 aromatic carbocycles. The van der Waals surface area contributed by atoms with Gasteiger partial charge in [0, 0.05) is 50.4 Å². The third kappa shape index (κ3) is 35.4. The molecule has 1 heterocycles. The van der Waals surface area contributed by atoms with Gasteiger partial charge < -0.3 is 112 Å². The molecule has 0 aliphatic rings. The molecule has 0 spiro atoms. The van der Waals surface area contributed by atoms with Gasteiger partial charge in [0.25, 0.3) is 0 Å². The van der Waals surface area contributed by atoms with Crippen molar-refractivity contribution in [1.82, 2.24) is 79.1 Å². The first kappa shape index (κ1) is 94.6. The molecule has 0 saturated carbocycles. The molecule has 0 fully saturated rings. The van der Waals surface area contributed by atoms with Crippen molar-refractivity contribution in [3.8, 4) is 5.75 Å². The number of aliphatic carboxylic acids is 1. The highest BCUT2D eigenvalue weighted by Gasteiger charge is 2.38. The zero-order valence-electron chi connectivity index (χ0n) is 64.6. The minimum absolute atomic E-state index is 0.0411. The smallest absolute Gasteiger partial charge is 0.303 e. The van der Waals surface area contributed by atoms with Crippen LogP contribution in [0.25, 0.3) is 0 Å². The number of carboxylic acid groups (broad SMARTS) is 1. The number of aliphatic hydroxyl groups is 1. The van der Waals surface area contributed by atoms with Crippen LogP contribution in [-0.2, 0) is 101 Å². The number of amides is 16. The van der Waals surface area contributed by atoms with Gasteiger partial charge in [0.2, 0.25) is 94.5 Å². The molecule has 39 heteroatoms. The summed E-state index contributed by atoms with van der Waals surface area (Å²) in [6.45, 7) is 14.9. The van der Waals surface area contributed by atoms with E-state index in [0.29, 0.717) is 11.1 Å². The van der Waals surface area contributed by atoms with Gasteiger partial charge in [-0.2, -0.15) is 0 Å². The molecule has 13 atom stereocenters. The molecule has 0 bridgehead atoms. The van der Waals surface area contributed by atoms with Crippen LogP contribution < -0.4 is 92.1 Å². The molecular weight excluding hydrogens is 1460 g/mol. The third-order valence-electron chi connectivity index (χ3n) is 17.2. The number of aliphatic hydroxyl groups excluding tert-OH is 1. The number of carboxylic acids is 1. The number of primary amides is 3. The number of nitrogens with two attached hydrogens (primary N) is 4. The zero-order valence-corrected chi connectivity index (χ0v) is 64.6. The first-order valence-electron chi connectivity index (χ1n) is 36.7. The van der Waals surface area contributed by atoms with E-state index >= 15 is 0 Å². The number of aromatic amines is 1. The molecule has 25 N–H and O–H groups in total. The van der Waals surface area contributed by atoms with Gasteiger partial charge in [-0.1, -0.05) is 97.9 Å². The van der Waals surface area contributed by atoms with E-state index in [9.17, 15) is 96.8 Å². The standard InChI is InChI=1S/C73H111N19O20/c1-36(2)26-49(62(77)101)87-67(106)50(27-37(3)4)83-58(98)34-79-64(103)46(20-23-55(74)95)84-70(109)53(29-42-14-12-11-13-15-42)91-73(112)61(41(10)93)92-71(110)54(31-44-32-78-35-81-44)90-66(105)48(22-25-59(99)100)86-68(107)51(28-38(5)6)89-65(104)47(21-24-56(75)96)85-69(108)52(30-43-16-18-45(94)19-17-43)88-63(102)40(9)82-57(97)33-80-72(111)60(76)39(7)8/h11-19,32,35-41,46-54,60-61,93-94H,20-31,33-34,76H2,1-10H3,(H2,74,95)(H2,75,96)(H2,77,101)(H,78,81)(H,79,103)(H,80,111)(H,82,97)(H,83,98)(H,84,109)(H,85,108)(H,86,107)(H,87,106)(H,88,102)(H,89,104)(H,90,105)(H,91,112)(H,92,110)(H,99,100)/t40-,41+,46-,47-,48-,49-,50-,51-,52-,53-,54-,60-,61-/m0/s1. The molecule has 0 saturated heterocycles. The SMILES string of the molecule is CC(C)C[C@H](NC(=O)[C@H](CC(C)C)NC(=O)CNC(=O)[C@H](CCC(N)=O)NC(=O)[C@H](Cc1ccccc1)NC(=O)[C@@H](NC(=O)[C@H](Cc1cnc[nH]1)NC(=O)[C@H](CCC(=O)O)NC(=O)[C@H](CC(C)C)NC(=O)[C@H](CCC(N)=O)NC(=O)[C@H](Cc1ccc(O)cc1)NC(=O)[C@H](C)NC(=O)CNC(=O)[C@@H](N)C(C)C)[C@@H](C)O)C(N)=O. The van der Waals surface area contributed by atoms with E-state index in [4.69, 9.17) is 22.9 Å². The summed E-state index contributed by atoms with van der Waals surface area (Å²) in [6, 6.07) is -4.75. The number of phenols is 1. The first-order valence-corrected chi connectivity index (χ1v) is 36.7. The highest BCUT2D eigenvalue weighted by Crippen LogP contribution is 2.16. The van der Waals surface area contributed by atoms with Gasteiger partial charge in [-0.05, 0) is 99.3 Å². The van der Waals surface area contributed by atoms with Gasteiger partial charge in [0.15, 0.2) is 0 Å². The van der Waals surface area contributed by atoms with E-state index in [0.717, 1.165) is 6.92 Å². The number of carbonyl (C=O) groups excluding carboxylic acids is 16. The number of imidazole rings is 1. The highest BCUT2D eigenvalue weighted by atomic mass is 16.4. The molecule has 0 radical (unpaired) electrons. The predicted molar refractivity (Wildman–Crippen MR) is 403 cm³/mol. The topological polar surface area (TPSA) is 640 Å². The second-order valence-corrected chi connectivity index (χ2v) is 28.9. The van der Waals surface area contributed by atoms with Crippen LogP contribution in [-0.4, -0.2) is 217 Å². The van der Waals surface area contributed by atoms with Gasteiger partial charge in [0.1, 0.15) is 72.2 Å². The lowest BCUT2D eigenvalue weighted by atomic mass is 10.00. The summed E-state index contributed by atoms with van der Waals surface area (Å²) in [4.78, 5) is 237. The van der Waals surface area contributed by atoms with E-state index in [-0.39, 0.29) is 61.3 Å². The molecule has 3 aromatic rings. The lowest BCUT2D eigenvalue weighted by molar-refractivity contribution is -0.139. The largest absolute Gasteiger partial charge is 0.508 e. The Morgan fingerprint density at radius 1 is 0.420 bits per heavy atom. The Hall–Kier alpha value is -11.6. The Morgan fingerprint density at radius 2 is 0.804 bits per heavy atom. The molecule has 39 nitrogen and oxygen atoms in total. The number of aromatic nitrogens is 2. The van der Waals surface area contributed by atoms with E-state index in [2.05, 4.69) is 79.1 Å². The Morgan fingerprint density at radius 3 is 1.26 bits per heavy atom. The number of phenolic OH excluding ortho intramolecular Hbond substituents is 1. The summed E-state index contributed by atoms with van der Waals surface area (Å²) >= 11 is 0. The van der Waals surface area contributed by atoms with E-state index in [1.54, 1.807) is 71.9 Å². The fourth-order valence-corrected chi connectivity index (χ4v) is 11.1. The minimum atomic E-state index is -1.97. The maximum atomic E-state index is 14.6. The summed E-state index contributed by atoms with van der Waals surface area (Å²) in [7, 11) is 0. The number of nitrogens with one attached hydrogen (secondary N) is 14. The molecule has 3 rings (SSSR count). The quantitative estimate of drug-likeness (QED) is 0.0252. The van der Waals surface area contributed by atoms with Crippen LogP contribution in [0.5, 0.6) is 5.75 Å². The van der Waals surface area contributed by atoms with Crippen molar-refractivity contribution in [1.29, 1.82) is 0 Å². The normalized spacial score (nSPS) is 14.7. The van der Waals surface area contributed by atoms with E-state index in [1.165, 1.54) is 43.7 Å². The zero-order chi connectivity index (χ0) is 84.2. The van der Waals surface area contributed by atoms with Crippen LogP contribution >= 0.6 is 0 Å². The molecule has 0 unspecified atom stereocenters. The van der Waals surface area contributed by atoms with Crippen LogP contribution in [0, 0.1) is 23.7 Å². The van der Waals surface area contributed by atoms with Crippen LogP contribution in [0.3, 0.4) is 0 Å². The van der Waals surface area contributed by atoms with Gasteiger partial charge in [0.05, 0.1) is 31.6 Å². The van der Waals surface area contributed by atoms with Crippen LogP contribution in [0.4, 0.5) is 0 Å². The molecule has 0 aliphatic carbocycles. The number of H-pyrrole nitrogens is 1. The minimum Gasteiger partial charge on any atom is -0.508 e. The van der Waals surface area contributed by atoms with E-state index in [1.807, 2.05) is 13.8 Å². The van der Waals surface area contributed by atoms with Gasteiger partial charge in [-0.25, -0.2) is 4.98 Å². The molecule has 16 amide bonds.